The molecule has 0 heterocycles. The highest BCUT2D eigenvalue weighted by Crippen LogP contribution is 2.28. The fourth-order valence-corrected chi connectivity index (χ4v) is 5.87. The predicted molar refractivity (Wildman–Crippen MR) is 199 cm³/mol. The fraction of sp³-hybridized carbons (Fsp3) is 0.125. The predicted octanol–water partition coefficient (Wildman–Crippen LogP) is 9.41. The highest BCUT2D eigenvalue weighted by Gasteiger charge is 2.11. The van der Waals surface area contributed by atoms with Crippen molar-refractivity contribution in [1.82, 2.24) is 0 Å². The van der Waals surface area contributed by atoms with Gasteiger partial charge in [-0.3, -0.25) is 9.59 Å². The average Bonchev–Trinajstić information content (AvgIpc) is 2.99. The summed E-state index contributed by atoms with van der Waals surface area (Å²) in [6.07, 6.45) is 0. The quantitative estimate of drug-likeness (QED) is 0.129. The fourth-order valence-electron chi connectivity index (χ4n) is 3.98. The average molecular weight is 700 g/mol. The zero-order chi connectivity index (χ0) is 31.6. The van der Waals surface area contributed by atoms with Gasteiger partial charge in [0.05, 0.1) is 11.5 Å². The molecule has 4 rings (SSSR count). The van der Waals surface area contributed by atoms with Gasteiger partial charge in [0.25, 0.3) is 0 Å². The first-order valence-corrected chi connectivity index (χ1v) is 16.8. The molecular weight excluding hydrogens is 672 g/mol. The molecule has 0 aromatic heterocycles. The summed E-state index contributed by atoms with van der Waals surface area (Å²) in [4.78, 5) is 25.2. The Morgan fingerprint density at radius 2 is 0.955 bits per heavy atom. The summed E-state index contributed by atoms with van der Waals surface area (Å²) >= 11 is 25.0. The van der Waals surface area contributed by atoms with Gasteiger partial charge in [-0.1, -0.05) is 83.3 Å². The van der Waals surface area contributed by atoms with Crippen LogP contribution in [0.5, 0.6) is 0 Å². The van der Waals surface area contributed by atoms with E-state index in [0.29, 0.717) is 18.7 Å². The number of thiocarbonyl (C=S) groups is 2. The summed E-state index contributed by atoms with van der Waals surface area (Å²) < 4.78 is 0.996. The molecule has 4 aromatic rings. The topological polar surface area (TPSA) is 82.3 Å². The number of amides is 2. The summed E-state index contributed by atoms with van der Waals surface area (Å²) in [6, 6.07) is 26.1. The third-order valence-corrected chi connectivity index (χ3v) is 9.14. The van der Waals surface area contributed by atoms with Gasteiger partial charge in [-0.15, -0.1) is 0 Å². The molecule has 0 aliphatic carbocycles. The maximum atomic E-state index is 12.6. The van der Waals surface area contributed by atoms with Crippen LogP contribution in [0.4, 0.5) is 22.7 Å². The minimum atomic E-state index is -0.151. The van der Waals surface area contributed by atoms with Crippen molar-refractivity contribution in [2.45, 2.75) is 13.8 Å². The molecule has 44 heavy (non-hydrogen) atoms. The molecule has 4 aromatic carbocycles. The number of anilines is 4. The second kappa shape index (κ2) is 16.3. The molecule has 0 unspecified atom stereocenters. The van der Waals surface area contributed by atoms with Gasteiger partial charge in [0.2, 0.25) is 11.8 Å². The SMILES string of the molecule is Cc1cc(-c2ccc(NC(=O)CSC(=S)Nc3ccc(Cl)cc3)c(C)c2)ccc1NC(=O)CSC(=S)Nc1ccc(Cl)cc1. The minimum absolute atomic E-state index is 0.151. The summed E-state index contributed by atoms with van der Waals surface area (Å²) in [5, 5.41) is 13.4. The summed E-state index contributed by atoms with van der Waals surface area (Å²) in [7, 11) is 0. The molecule has 12 heteroatoms. The van der Waals surface area contributed by atoms with E-state index in [1.165, 1.54) is 23.5 Å². The molecule has 0 aliphatic rings. The van der Waals surface area contributed by atoms with Crippen LogP contribution in [0.15, 0.2) is 84.9 Å². The molecule has 0 fully saturated rings. The van der Waals surface area contributed by atoms with Crippen LogP contribution in [0.25, 0.3) is 11.1 Å². The third kappa shape index (κ3) is 10.5. The Kier molecular flexibility index (Phi) is 12.5. The second-order valence-electron chi connectivity index (χ2n) is 9.57. The van der Waals surface area contributed by atoms with E-state index in [2.05, 4.69) is 21.3 Å². The molecule has 0 saturated heterocycles. The molecule has 2 amide bonds. The number of hydrogen-bond acceptors (Lipinski definition) is 6. The van der Waals surface area contributed by atoms with Crippen LogP contribution >= 0.6 is 71.2 Å². The minimum Gasteiger partial charge on any atom is -0.341 e. The first-order valence-electron chi connectivity index (χ1n) is 13.3. The van der Waals surface area contributed by atoms with Crippen molar-refractivity contribution in [2.24, 2.45) is 0 Å². The maximum absolute atomic E-state index is 12.6. The Morgan fingerprint density at radius 1 is 0.591 bits per heavy atom. The van der Waals surface area contributed by atoms with Crippen molar-refractivity contribution >= 4 is 114 Å². The largest absolute Gasteiger partial charge is 0.341 e. The van der Waals surface area contributed by atoms with Crippen LogP contribution in [-0.4, -0.2) is 32.0 Å². The van der Waals surface area contributed by atoms with E-state index in [-0.39, 0.29) is 23.3 Å². The lowest BCUT2D eigenvalue weighted by molar-refractivity contribution is -0.114. The van der Waals surface area contributed by atoms with Crippen molar-refractivity contribution in [3.63, 3.8) is 0 Å². The molecule has 0 spiro atoms. The number of rotatable bonds is 9. The maximum Gasteiger partial charge on any atom is 0.234 e. The first-order chi connectivity index (χ1) is 21.0. The van der Waals surface area contributed by atoms with Gasteiger partial charge in [-0.2, -0.15) is 0 Å². The summed E-state index contributed by atoms with van der Waals surface area (Å²) in [5.41, 5.74) is 6.95. The molecule has 4 N–H and O–H groups in total. The van der Waals surface area contributed by atoms with Crippen LogP contribution in [0, 0.1) is 13.8 Å². The molecule has 0 saturated carbocycles. The normalized spacial score (nSPS) is 10.5. The second-order valence-corrected chi connectivity index (χ2v) is 13.7. The van der Waals surface area contributed by atoms with Crippen molar-refractivity contribution in [2.75, 3.05) is 32.8 Å². The molecule has 0 atom stereocenters. The van der Waals surface area contributed by atoms with Gasteiger partial charge >= 0.3 is 0 Å². The summed E-state index contributed by atoms with van der Waals surface area (Å²) in [6.45, 7) is 3.90. The zero-order valence-corrected chi connectivity index (χ0v) is 28.5. The van der Waals surface area contributed by atoms with Crippen molar-refractivity contribution < 1.29 is 9.59 Å². The van der Waals surface area contributed by atoms with E-state index in [0.717, 1.165) is 45.0 Å². The third-order valence-electron chi connectivity index (χ3n) is 6.18. The lowest BCUT2D eigenvalue weighted by atomic mass is 10.00. The number of nitrogens with one attached hydrogen (secondary N) is 4. The lowest BCUT2D eigenvalue weighted by Gasteiger charge is -2.13. The smallest absolute Gasteiger partial charge is 0.234 e. The Morgan fingerprint density at radius 3 is 1.30 bits per heavy atom. The molecule has 0 aliphatic heterocycles. The molecule has 6 nitrogen and oxygen atoms in total. The van der Waals surface area contributed by atoms with E-state index in [4.69, 9.17) is 47.6 Å². The van der Waals surface area contributed by atoms with E-state index in [1.807, 2.05) is 74.5 Å². The van der Waals surface area contributed by atoms with Gasteiger partial charge < -0.3 is 21.3 Å². The van der Waals surface area contributed by atoms with E-state index < -0.39 is 0 Å². The lowest BCUT2D eigenvalue weighted by Crippen LogP contribution is -2.17. The number of thioether (sulfide) groups is 2. The van der Waals surface area contributed by atoms with E-state index in [1.54, 1.807) is 24.3 Å². The van der Waals surface area contributed by atoms with Gasteiger partial charge in [0.1, 0.15) is 8.64 Å². The van der Waals surface area contributed by atoms with Crippen molar-refractivity contribution in [3.8, 4) is 11.1 Å². The van der Waals surface area contributed by atoms with Crippen molar-refractivity contribution in [1.29, 1.82) is 0 Å². The van der Waals surface area contributed by atoms with Gasteiger partial charge in [-0.25, -0.2) is 0 Å². The van der Waals surface area contributed by atoms with Gasteiger partial charge in [0.15, 0.2) is 0 Å². The number of benzene rings is 4. The molecule has 0 bridgehead atoms. The van der Waals surface area contributed by atoms with Gasteiger partial charge in [-0.05, 0) is 109 Å². The van der Waals surface area contributed by atoms with E-state index in [9.17, 15) is 9.59 Å². The van der Waals surface area contributed by atoms with Crippen LogP contribution < -0.4 is 21.3 Å². The number of aryl methyl sites for hydroxylation is 2. The van der Waals surface area contributed by atoms with Crippen molar-refractivity contribution in [3.05, 3.63) is 106 Å². The van der Waals surface area contributed by atoms with Crippen LogP contribution in [0.2, 0.25) is 10.0 Å². The molecule has 226 valence electrons. The van der Waals surface area contributed by atoms with Crippen LogP contribution in [-0.2, 0) is 9.59 Å². The Hall–Kier alpha value is -3.12. The van der Waals surface area contributed by atoms with Gasteiger partial charge in [0, 0.05) is 32.8 Å². The number of hydrogen-bond donors (Lipinski definition) is 4. The number of halogens is 2. The standard InChI is InChI=1S/C32H28Cl2N4O2S4/c1-19-15-21(3-13-27(19)37-29(39)17-43-31(41)35-25-9-5-23(33)6-10-25)22-4-14-28(20(2)16-22)38-30(40)18-44-32(42)36-26-11-7-24(34)8-12-26/h3-16H,17-18H2,1-2H3,(H,35,41)(H,36,42)(H,37,39)(H,38,40). The monoisotopic (exact) mass is 698 g/mol. The molecule has 0 radical (unpaired) electrons. The Balaban J connectivity index is 1.26. The first kappa shape index (κ1) is 33.8. The summed E-state index contributed by atoms with van der Waals surface area (Å²) in [5.74, 6) is 0.0511. The number of carbonyl (C=O) groups excluding carboxylic acids is 2. The molecular formula is C32H28Cl2N4O2S4. The zero-order valence-electron chi connectivity index (χ0n) is 23.7. The highest BCUT2D eigenvalue weighted by molar-refractivity contribution is 8.24. The van der Waals surface area contributed by atoms with Crippen LogP contribution in [0.1, 0.15) is 11.1 Å². The Bertz CT molecular complexity index is 1560. The highest BCUT2D eigenvalue weighted by atomic mass is 35.5. The Labute approximate surface area is 286 Å². The van der Waals surface area contributed by atoms with Crippen LogP contribution in [0.3, 0.4) is 0 Å². The van der Waals surface area contributed by atoms with E-state index >= 15 is 0 Å². The number of carbonyl (C=O) groups is 2.